The van der Waals surface area contributed by atoms with Gasteiger partial charge in [-0.2, -0.15) is 0 Å². The second kappa shape index (κ2) is 7.86. The third-order valence-electron chi connectivity index (χ3n) is 4.44. The maximum atomic E-state index is 12.1. The molecule has 136 valence electrons. The first kappa shape index (κ1) is 17.0. The van der Waals surface area contributed by atoms with E-state index in [1.165, 1.54) is 10.9 Å². The van der Waals surface area contributed by atoms with E-state index in [1.54, 1.807) is 0 Å². The van der Waals surface area contributed by atoms with Crippen molar-refractivity contribution in [3.05, 3.63) is 72.2 Å². The van der Waals surface area contributed by atoms with Crippen molar-refractivity contribution >= 4 is 16.8 Å². The lowest BCUT2D eigenvalue weighted by Gasteiger charge is -2.03. The fourth-order valence-corrected chi connectivity index (χ4v) is 3.04. The Hall–Kier alpha value is -3.41. The van der Waals surface area contributed by atoms with Crippen LogP contribution < -0.4 is 5.32 Å². The molecule has 1 amide bonds. The van der Waals surface area contributed by atoms with Gasteiger partial charge < -0.3 is 14.7 Å². The topological polar surface area (TPSA) is 83.8 Å². The van der Waals surface area contributed by atoms with Crippen molar-refractivity contribution in [2.24, 2.45) is 0 Å². The molecule has 0 aliphatic carbocycles. The van der Waals surface area contributed by atoms with Crippen molar-refractivity contribution in [3.63, 3.8) is 0 Å². The van der Waals surface area contributed by atoms with E-state index in [0.717, 1.165) is 17.5 Å². The number of amides is 1. The molecule has 4 rings (SSSR count). The standard InChI is InChI=1S/C21H20N4O2/c26-19(22-13-12-16-14-23-18-9-5-4-8-17(16)18)10-11-20-24-25-21(27-20)15-6-2-1-3-7-15/h1-9,14,23H,10-13H2,(H,22,26). The third kappa shape index (κ3) is 4.06. The van der Waals surface area contributed by atoms with Gasteiger partial charge in [-0.1, -0.05) is 36.4 Å². The minimum Gasteiger partial charge on any atom is -0.421 e. The van der Waals surface area contributed by atoms with E-state index < -0.39 is 0 Å². The zero-order chi connectivity index (χ0) is 18.5. The second-order valence-corrected chi connectivity index (χ2v) is 6.33. The maximum absolute atomic E-state index is 12.1. The lowest BCUT2D eigenvalue weighted by molar-refractivity contribution is -0.121. The van der Waals surface area contributed by atoms with Crippen molar-refractivity contribution in [1.82, 2.24) is 20.5 Å². The summed E-state index contributed by atoms with van der Waals surface area (Å²) in [5, 5.41) is 12.2. The van der Waals surface area contributed by atoms with Gasteiger partial charge in [-0.25, -0.2) is 0 Å². The number of fused-ring (bicyclic) bond motifs is 1. The summed E-state index contributed by atoms with van der Waals surface area (Å²) >= 11 is 0. The van der Waals surface area contributed by atoms with Crippen molar-refractivity contribution < 1.29 is 9.21 Å². The molecule has 0 saturated carbocycles. The highest BCUT2D eigenvalue weighted by Crippen LogP contribution is 2.18. The number of hydrogen-bond donors (Lipinski definition) is 2. The number of aromatic nitrogens is 3. The predicted molar refractivity (Wildman–Crippen MR) is 103 cm³/mol. The molecule has 6 heteroatoms. The molecule has 0 spiro atoms. The van der Waals surface area contributed by atoms with E-state index in [4.69, 9.17) is 4.42 Å². The molecular formula is C21H20N4O2. The van der Waals surface area contributed by atoms with Crippen LogP contribution in [0.5, 0.6) is 0 Å². The number of aryl methyl sites for hydroxylation is 1. The van der Waals surface area contributed by atoms with Crippen molar-refractivity contribution in [2.45, 2.75) is 19.3 Å². The number of aromatic amines is 1. The van der Waals surface area contributed by atoms with E-state index in [1.807, 2.05) is 54.7 Å². The van der Waals surface area contributed by atoms with Gasteiger partial charge in [0.25, 0.3) is 0 Å². The highest BCUT2D eigenvalue weighted by molar-refractivity contribution is 5.83. The van der Waals surface area contributed by atoms with Crippen LogP contribution in [0.3, 0.4) is 0 Å². The minimum absolute atomic E-state index is 0.0192. The number of para-hydroxylation sites is 1. The summed E-state index contributed by atoms with van der Waals surface area (Å²) in [4.78, 5) is 15.3. The highest BCUT2D eigenvalue weighted by Gasteiger charge is 2.10. The van der Waals surface area contributed by atoms with Gasteiger partial charge in [0.1, 0.15) is 0 Å². The Labute approximate surface area is 156 Å². The molecular weight excluding hydrogens is 340 g/mol. The summed E-state index contributed by atoms with van der Waals surface area (Å²) in [6.45, 7) is 0.597. The highest BCUT2D eigenvalue weighted by atomic mass is 16.4. The number of rotatable bonds is 7. The van der Waals surface area contributed by atoms with Crippen LogP contribution in [-0.4, -0.2) is 27.6 Å². The first-order valence-electron chi connectivity index (χ1n) is 8.99. The summed E-state index contributed by atoms with van der Waals surface area (Å²) in [6.07, 6.45) is 3.54. The lowest BCUT2D eigenvalue weighted by Crippen LogP contribution is -2.25. The quantitative estimate of drug-likeness (QED) is 0.528. The Balaban J connectivity index is 1.25. The average Bonchev–Trinajstić information content (AvgIpc) is 3.35. The van der Waals surface area contributed by atoms with Gasteiger partial charge in [-0.3, -0.25) is 4.79 Å². The van der Waals surface area contributed by atoms with Crippen LogP contribution in [0.4, 0.5) is 0 Å². The zero-order valence-electron chi connectivity index (χ0n) is 14.8. The fraction of sp³-hybridized carbons (Fsp3) is 0.190. The van der Waals surface area contributed by atoms with Crippen LogP contribution in [0.1, 0.15) is 17.9 Å². The molecule has 0 aliphatic rings. The van der Waals surface area contributed by atoms with Gasteiger partial charge in [0, 0.05) is 42.0 Å². The molecule has 2 heterocycles. The number of carbonyl (C=O) groups is 1. The fourth-order valence-electron chi connectivity index (χ4n) is 3.04. The molecule has 2 aromatic carbocycles. The summed E-state index contributed by atoms with van der Waals surface area (Å²) in [6, 6.07) is 17.7. The number of carbonyl (C=O) groups excluding carboxylic acids is 1. The van der Waals surface area contributed by atoms with E-state index >= 15 is 0 Å². The van der Waals surface area contributed by atoms with Gasteiger partial charge in [0.2, 0.25) is 17.7 Å². The second-order valence-electron chi connectivity index (χ2n) is 6.33. The lowest BCUT2D eigenvalue weighted by atomic mass is 10.1. The van der Waals surface area contributed by atoms with Gasteiger partial charge >= 0.3 is 0 Å². The molecule has 2 N–H and O–H groups in total. The summed E-state index contributed by atoms with van der Waals surface area (Å²) in [5.41, 5.74) is 3.19. The van der Waals surface area contributed by atoms with E-state index in [-0.39, 0.29) is 5.91 Å². The molecule has 0 atom stereocenters. The van der Waals surface area contributed by atoms with Gasteiger partial charge in [0.05, 0.1) is 0 Å². The van der Waals surface area contributed by atoms with Crippen molar-refractivity contribution in [3.8, 4) is 11.5 Å². The van der Waals surface area contributed by atoms with Crippen LogP contribution in [0.2, 0.25) is 0 Å². The summed E-state index contributed by atoms with van der Waals surface area (Å²) < 4.78 is 5.63. The molecule has 0 radical (unpaired) electrons. The average molecular weight is 360 g/mol. The Bertz CT molecular complexity index is 1040. The van der Waals surface area contributed by atoms with Crippen LogP contribution in [-0.2, 0) is 17.6 Å². The Morgan fingerprint density at radius 2 is 1.81 bits per heavy atom. The molecule has 6 nitrogen and oxygen atoms in total. The maximum Gasteiger partial charge on any atom is 0.247 e. The smallest absolute Gasteiger partial charge is 0.247 e. The van der Waals surface area contributed by atoms with Crippen LogP contribution in [0.15, 0.2) is 65.2 Å². The SMILES string of the molecule is O=C(CCc1nnc(-c2ccccc2)o1)NCCc1c[nH]c2ccccc12. The third-order valence-corrected chi connectivity index (χ3v) is 4.44. The molecule has 0 bridgehead atoms. The molecule has 27 heavy (non-hydrogen) atoms. The van der Waals surface area contributed by atoms with Crippen LogP contribution in [0.25, 0.3) is 22.4 Å². The number of nitrogens with one attached hydrogen (secondary N) is 2. The number of benzene rings is 2. The monoisotopic (exact) mass is 360 g/mol. The van der Waals surface area contributed by atoms with Crippen LogP contribution >= 0.6 is 0 Å². The largest absolute Gasteiger partial charge is 0.421 e. The molecule has 0 fully saturated rings. The number of H-pyrrole nitrogens is 1. The van der Waals surface area contributed by atoms with Gasteiger partial charge in [0.15, 0.2) is 0 Å². The minimum atomic E-state index is -0.0192. The van der Waals surface area contributed by atoms with Crippen LogP contribution in [0, 0.1) is 0 Å². The van der Waals surface area contributed by atoms with Crippen molar-refractivity contribution in [1.29, 1.82) is 0 Å². The predicted octanol–water partition coefficient (Wildman–Crippen LogP) is 3.51. The first-order chi connectivity index (χ1) is 13.3. The summed E-state index contributed by atoms with van der Waals surface area (Å²) in [5.74, 6) is 0.931. The van der Waals surface area contributed by atoms with E-state index in [2.05, 4.69) is 26.6 Å². The first-order valence-corrected chi connectivity index (χ1v) is 8.99. The molecule has 2 aromatic heterocycles. The van der Waals surface area contributed by atoms with Gasteiger partial charge in [-0.15, -0.1) is 10.2 Å². The Morgan fingerprint density at radius 3 is 2.70 bits per heavy atom. The molecule has 4 aromatic rings. The Kier molecular flexibility index (Phi) is 4.96. The molecule has 0 unspecified atom stereocenters. The van der Waals surface area contributed by atoms with E-state index in [9.17, 15) is 4.79 Å². The van der Waals surface area contributed by atoms with Crippen molar-refractivity contribution in [2.75, 3.05) is 6.54 Å². The van der Waals surface area contributed by atoms with E-state index in [0.29, 0.717) is 31.2 Å². The number of hydrogen-bond acceptors (Lipinski definition) is 4. The molecule has 0 aliphatic heterocycles. The Morgan fingerprint density at radius 1 is 1.00 bits per heavy atom. The normalized spacial score (nSPS) is 11.0. The van der Waals surface area contributed by atoms with Gasteiger partial charge in [-0.05, 0) is 30.2 Å². The zero-order valence-corrected chi connectivity index (χ0v) is 14.8. The number of nitrogens with zero attached hydrogens (tertiary/aromatic N) is 2. The summed E-state index contributed by atoms with van der Waals surface area (Å²) in [7, 11) is 0. The molecule has 0 saturated heterocycles.